The van der Waals surface area contributed by atoms with Crippen molar-refractivity contribution in [1.29, 1.82) is 0 Å². The second-order valence-corrected chi connectivity index (χ2v) is 7.09. The van der Waals surface area contributed by atoms with Gasteiger partial charge in [-0.15, -0.1) is 5.10 Å². The van der Waals surface area contributed by atoms with Crippen LogP contribution in [0.25, 0.3) is 0 Å². The first kappa shape index (κ1) is 21.9. The predicted molar refractivity (Wildman–Crippen MR) is 92.5 cm³/mol. The van der Waals surface area contributed by atoms with E-state index >= 15 is 0 Å². The molecule has 0 spiro atoms. The number of nitrogens with zero attached hydrogens (tertiary/aromatic N) is 4. The molecule has 0 radical (unpaired) electrons. The lowest BCUT2D eigenvalue weighted by molar-refractivity contribution is -0.147. The highest BCUT2D eigenvalue weighted by molar-refractivity contribution is 5.78. The molecule has 1 aliphatic heterocycles. The van der Waals surface area contributed by atoms with Gasteiger partial charge in [-0.05, 0) is 30.5 Å². The Hall–Kier alpha value is -2.79. The first-order chi connectivity index (χ1) is 13.9. The van der Waals surface area contributed by atoms with Gasteiger partial charge in [0.25, 0.3) is 0 Å². The number of benzene rings is 1. The Morgan fingerprint density at radius 3 is 2.07 bits per heavy atom. The number of hydrogen-bond donors (Lipinski definition) is 0. The van der Waals surface area contributed by atoms with Gasteiger partial charge in [-0.3, -0.25) is 9.36 Å². The monoisotopic (exact) mass is 436 g/mol. The summed E-state index contributed by atoms with van der Waals surface area (Å²) in [7, 11) is 0.997. The summed E-state index contributed by atoms with van der Waals surface area (Å²) < 4.78 is 77.8. The number of alkyl halides is 6. The fourth-order valence-electron chi connectivity index (χ4n) is 3.40. The summed E-state index contributed by atoms with van der Waals surface area (Å²) in [5, 5.41) is 3.42. The topological polar surface area (TPSA) is 60.1 Å². The summed E-state index contributed by atoms with van der Waals surface area (Å²) in [6.45, 7) is 0.406. The Kier molecular flexibility index (Phi) is 5.70. The molecule has 2 heterocycles. The summed E-state index contributed by atoms with van der Waals surface area (Å²) in [5.74, 6) is -1.59. The van der Waals surface area contributed by atoms with Crippen molar-refractivity contribution in [3.63, 3.8) is 0 Å². The van der Waals surface area contributed by atoms with Crippen LogP contribution in [0.1, 0.15) is 35.8 Å². The fourth-order valence-corrected chi connectivity index (χ4v) is 3.40. The Labute approximate surface area is 166 Å². The molecule has 0 bridgehead atoms. The number of amides is 1. The van der Waals surface area contributed by atoms with Gasteiger partial charge >= 0.3 is 18.0 Å². The molecule has 12 heteroatoms. The Balaban J connectivity index is 1.62. The van der Waals surface area contributed by atoms with E-state index < -0.39 is 35.5 Å². The van der Waals surface area contributed by atoms with Crippen molar-refractivity contribution < 1.29 is 31.1 Å². The van der Waals surface area contributed by atoms with E-state index in [0.717, 1.165) is 23.9 Å². The van der Waals surface area contributed by atoms with Gasteiger partial charge in [0.05, 0.1) is 18.0 Å². The predicted octanol–water partition coefficient (Wildman–Crippen LogP) is 3.03. The van der Waals surface area contributed by atoms with Crippen molar-refractivity contribution in [2.75, 3.05) is 13.1 Å². The maximum absolute atomic E-state index is 12.9. The number of carbonyl (C=O) groups excluding carboxylic acids is 1. The maximum atomic E-state index is 12.9. The molecule has 0 N–H and O–H groups in total. The lowest BCUT2D eigenvalue weighted by Gasteiger charge is -2.31. The number of carbonyl (C=O) groups is 1. The summed E-state index contributed by atoms with van der Waals surface area (Å²) >= 11 is 0. The van der Waals surface area contributed by atoms with Crippen LogP contribution < -0.4 is 5.69 Å². The van der Waals surface area contributed by atoms with E-state index in [2.05, 4.69) is 5.10 Å². The molecular formula is C18H18F6N4O2. The number of likely N-dealkylation sites (tertiary alicyclic amines) is 1. The molecule has 1 fully saturated rings. The number of rotatable bonds is 3. The van der Waals surface area contributed by atoms with Crippen LogP contribution in [-0.2, 0) is 30.6 Å². The van der Waals surface area contributed by atoms with Gasteiger partial charge in [0.2, 0.25) is 11.7 Å². The third-order valence-corrected chi connectivity index (χ3v) is 5.06. The lowest BCUT2D eigenvalue weighted by Crippen LogP contribution is -2.41. The first-order valence-electron chi connectivity index (χ1n) is 9.04. The van der Waals surface area contributed by atoms with Crippen molar-refractivity contribution in [3.8, 4) is 0 Å². The van der Waals surface area contributed by atoms with Crippen molar-refractivity contribution in [3.05, 3.63) is 51.7 Å². The minimum absolute atomic E-state index is 0.0927. The lowest BCUT2D eigenvalue weighted by atomic mass is 10.0. The van der Waals surface area contributed by atoms with Crippen LogP contribution in [0.4, 0.5) is 26.3 Å². The summed E-state index contributed by atoms with van der Waals surface area (Å²) in [5.41, 5.74) is -1.26. The molecule has 164 valence electrons. The van der Waals surface area contributed by atoms with Crippen LogP contribution in [0, 0.1) is 0 Å². The Morgan fingerprint density at radius 1 is 1.03 bits per heavy atom. The van der Waals surface area contributed by atoms with Crippen LogP contribution >= 0.6 is 0 Å². The smallest absolute Gasteiger partial charge is 0.342 e. The fraction of sp³-hybridized carbons (Fsp3) is 0.500. The van der Waals surface area contributed by atoms with Crippen LogP contribution in [0.2, 0.25) is 0 Å². The quantitative estimate of drug-likeness (QED) is 0.696. The van der Waals surface area contributed by atoms with E-state index in [-0.39, 0.29) is 38.3 Å². The highest BCUT2D eigenvalue weighted by atomic mass is 19.4. The molecule has 30 heavy (non-hydrogen) atoms. The molecule has 0 saturated carbocycles. The second-order valence-electron chi connectivity index (χ2n) is 7.09. The SMILES string of the molecule is Cn1c(C(F)(F)F)nn(C2CCN(C(=O)Cc3ccc(C(F)(F)F)cc3)CC2)c1=O. The zero-order valence-electron chi connectivity index (χ0n) is 15.8. The second kappa shape index (κ2) is 7.80. The molecule has 1 aliphatic rings. The van der Waals surface area contributed by atoms with Crippen LogP contribution in [-0.4, -0.2) is 38.2 Å². The standard InChI is InChI=1S/C18H18F6N4O2/c1-26-15(18(22,23)24)25-28(16(26)30)13-6-8-27(9-7-13)14(29)10-11-2-4-12(5-3-11)17(19,20)21/h2-5,13H,6-10H2,1H3. The van der Waals surface area contributed by atoms with Crippen molar-refractivity contribution in [1.82, 2.24) is 19.2 Å². The van der Waals surface area contributed by atoms with Gasteiger partial charge in [0.1, 0.15) is 0 Å². The summed E-state index contributed by atoms with van der Waals surface area (Å²) in [4.78, 5) is 26.0. The Morgan fingerprint density at radius 2 is 1.60 bits per heavy atom. The van der Waals surface area contributed by atoms with E-state index in [0.29, 0.717) is 10.1 Å². The van der Waals surface area contributed by atoms with Gasteiger partial charge in [0.15, 0.2) is 0 Å². The largest absolute Gasteiger partial charge is 0.451 e. The van der Waals surface area contributed by atoms with Gasteiger partial charge in [0, 0.05) is 20.1 Å². The summed E-state index contributed by atoms with van der Waals surface area (Å²) in [6.07, 6.45) is -8.82. The van der Waals surface area contributed by atoms with Crippen molar-refractivity contribution in [2.45, 2.75) is 37.7 Å². The molecule has 1 aromatic carbocycles. The minimum atomic E-state index is -4.75. The zero-order valence-corrected chi connectivity index (χ0v) is 15.8. The minimum Gasteiger partial charge on any atom is -0.342 e. The molecule has 2 aromatic rings. The number of halogens is 6. The van der Waals surface area contributed by atoms with Gasteiger partial charge < -0.3 is 4.90 Å². The molecule has 0 unspecified atom stereocenters. The first-order valence-corrected chi connectivity index (χ1v) is 9.04. The van der Waals surface area contributed by atoms with Gasteiger partial charge in [-0.2, -0.15) is 26.3 Å². The normalized spacial score (nSPS) is 16.2. The van der Waals surface area contributed by atoms with Crippen LogP contribution in [0.3, 0.4) is 0 Å². The third-order valence-electron chi connectivity index (χ3n) is 5.06. The molecule has 0 aliphatic carbocycles. The zero-order chi connectivity index (χ0) is 22.3. The number of piperidine rings is 1. The van der Waals surface area contributed by atoms with E-state index in [1.807, 2.05) is 0 Å². The maximum Gasteiger partial charge on any atom is 0.451 e. The highest BCUT2D eigenvalue weighted by Crippen LogP contribution is 2.30. The molecule has 6 nitrogen and oxygen atoms in total. The number of aromatic nitrogens is 3. The molecule has 0 atom stereocenters. The molecule has 1 saturated heterocycles. The van der Waals surface area contributed by atoms with E-state index in [4.69, 9.17) is 0 Å². The highest BCUT2D eigenvalue weighted by Gasteiger charge is 2.39. The Bertz CT molecular complexity index is 967. The van der Waals surface area contributed by atoms with E-state index in [1.165, 1.54) is 17.0 Å². The molecular weight excluding hydrogens is 418 g/mol. The average molecular weight is 436 g/mol. The van der Waals surface area contributed by atoms with Crippen molar-refractivity contribution in [2.24, 2.45) is 7.05 Å². The van der Waals surface area contributed by atoms with Crippen LogP contribution in [0.15, 0.2) is 29.1 Å². The van der Waals surface area contributed by atoms with E-state index in [1.54, 1.807) is 0 Å². The van der Waals surface area contributed by atoms with Crippen molar-refractivity contribution >= 4 is 5.91 Å². The van der Waals surface area contributed by atoms with Gasteiger partial charge in [-0.1, -0.05) is 12.1 Å². The van der Waals surface area contributed by atoms with Gasteiger partial charge in [-0.25, -0.2) is 9.48 Å². The van der Waals surface area contributed by atoms with E-state index in [9.17, 15) is 35.9 Å². The van der Waals surface area contributed by atoms with Crippen LogP contribution in [0.5, 0.6) is 0 Å². The third kappa shape index (κ3) is 4.51. The molecule has 3 rings (SSSR count). The molecule has 1 amide bonds. The average Bonchev–Trinajstić information content (AvgIpc) is 2.97. The number of hydrogen-bond acceptors (Lipinski definition) is 3. The summed E-state index contributed by atoms with van der Waals surface area (Å²) in [6, 6.07) is 3.70. The molecule has 1 aromatic heterocycles.